The first-order valence-electron chi connectivity index (χ1n) is 6.14. The lowest BCUT2D eigenvalue weighted by Crippen LogP contribution is -2.52. The van der Waals surface area contributed by atoms with E-state index < -0.39 is 0 Å². The molecule has 0 bridgehead atoms. The molecule has 5 heteroatoms. The van der Waals surface area contributed by atoms with Gasteiger partial charge in [0, 0.05) is 38.1 Å². The lowest BCUT2D eigenvalue weighted by Gasteiger charge is -2.37. The van der Waals surface area contributed by atoms with Crippen LogP contribution in [0.1, 0.15) is 23.3 Å². The summed E-state index contributed by atoms with van der Waals surface area (Å²) in [4.78, 5) is 24.6. The van der Waals surface area contributed by atoms with Gasteiger partial charge in [0.1, 0.15) is 5.69 Å². The molecule has 0 radical (unpaired) electrons. The molecule has 2 fully saturated rings. The van der Waals surface area contributed by atoms with Gasteiger partial charge < -0.3 is 4.90 Å². The first kappa shape index (κ1) is 10.7. The van der Waals surface area contributed by atoms with Crippen LogP contribution in [0.3, 0.4) is 0 Å². The second-order valence-electron chi connectivity index (χ2n) is 4.67. The maximum Gasteiger partial charge on any atom is 0.274 e. The molecule has 3 heterocycles. The Morgan fingerprint density at radius 3 is 3.06 bits per heavy atom. The van der Waals surface area contributed by atoms with Crippen molar-refractivity contribution in [3.63, 3.8) is 0 Å². The van der Waals surface area contributed by atoms with Crippen LogP contribution in [0, 0.1) is 0 Å². The average Bonchev–Trinajstić information content (AvgIpc) is 2.86. The van der Waals surface area contributed by atoms with E-state index in [4.69, 9.17) is 0 Å². The van der Waals surface area contributed by atoms with Crippen molar-refractivity contribution in [1.82, 2.24) is 19.8 Å². The molecule has 2 saturated heterocycles. The summed E-state index contributed by atoms with van der Waals surface area (Å²) < 4.78 is 0. The zero-order chi connectivity index (χ0) is 11.7. The zero-order valence-corrected chi connectivity index (χ0v) is 9.75. The number of carbonyl (C=O) groups is 1. The molecule has 1 aromatic heterocycles. The van der Waals surface area contributed by atoms with E-state index in [0.717, 1.165) is 19.6 Å². The van der Waals surface area contributed by atoms with Gasteiger partial charge in [0.25, 0.3) is 5.91 Å². The Balaban J connectivity index is 1.71. The number of piperazine rings is 1. The van der Waals surface area contributed by atoms with Crippen molar-refractivity contribution < 1.29 is 4.79 Å². The molecule has 1 aromatic rings. The van der Waals surface area contributed by atoms with Gasteiger partial charge in [-0.2, -0.15) is 0 Å². The predicted molar refractivity (Wildman–Crippen MR) is 62.5 cm³/mol. The van der Waals surface area contributed by atoms with Crippen molar-refractivity contribution in [3.05, 3.63) is 24.3 Å². The van der Waals surface area contributed by atoms with Crippen LogP contribution in [0.5, 0.6) is 0 Å². The third-order valence-corrected chi connectivity index (χ3v) is 3.66. The van der Waals surface area contributed by atoms with Crippen LogP contribution in [0.15, 0.2) is 18.6 Å². The highest BCUT2D eigenvalue weighted by Gasteiger charge is 2.32. The number of carbonyl (C=O) groups excluding carboxylic acids is 1. The van der Waals surface area contributed by atoms with E-state index >= 15 is 0 Å². The predicted octanol–water partition coefficient (Wildman–Crippen LogP) is 0.397. The smallest absolute Gasteiger partial charge is 0.274 e. The molecule has 2 aliphatic rings. The van der Waals surface area contributed by atoms with Gasteiger partial charge in [0.05, 0.1) is 6.20 Å². The van der Waals surface area contributed by atoms with E-state index in [9.17, 15) is 4.79 Å². The van der Waals surface area contributed by atoms with Crippen LogP contribution in [0.2, 0.25) is 0 Å². The summed E-state index contributed by atoms with van der Waals surface area (Å²) in [5, 5.41) is 0. The first-order chi connectivity index (χ1) is 8.34. The highest BCUT2D eigenvalue weighted by molar-refractivity contribution is 5.92. The number of nitrogens with zero attached hydrogens (tertiary/aromatic N) is 4. The van der Waals surface area contributed by atoms with Crippen molar-refractivity contribution in [2.24, 2.45) is 0 Å². The average molecular weight is 232 g/mol. The number of rotatable bonds is 1. The molecule has 1 atom stereocenters. The van der Waals surface area contributed by atoms with Crippen molar-refractivity contribution in [2.75, 3.05) is 26.2 Å². The highest BCUT2D eigenvalue weighted by atomic mass is 16.2. The van der Waals surface area contributed by atoms with Gasteiger partial charge in [0.15, 0.2) is 0 Å². The summed E-state index contributed by atoms with van der Waals surface area (Å²) in [6, 6.07) is 0.560. The zero-order valence-electron chi connectivity index (χ0n) is 9.75. The largest absolute Gasteiger partial charge is 0.334 e. The molecule has 1 unspecified atom stereocenters. The molecule has 2 aliphatic heterocycles. The minimum Gasteiger partial charge on any atom is -0.334 e. The van der Waals surface area contributed by atoms with Crippen LogP contribution >= 0.6 is 0 Å². The van der Waals surface area contributed by atoms with Gasteiger partial charge in [-0.05, 0) is 19.4 Å². The molecular formula is C12H16N4O. The molecule has 17 heavy (non-hydrogen) atoms. The van der Waals surface area contributed by atoms with Crippen molar-refractivity contribution in [1.29, 1.82) is 0 Å². The molecule has 5 nitrogen and oxygen atoms in total. The van der Waals surface area contributed by atoms with Crippen LogP contribution in [-0.2, 0) is 0 Å². The highest BCUT2D eigenvalue weighted by Crippen LogP contribution is 2.22. The fourth-order valence-corrected chi connectivity index (χ4v) is 2.75. The van der Waals surface area contributed by atoms with Gasteiger partial charge in [-0.25, -0.2) is 4.98 Å². The SMILES string of the molecule is O=C(c1cnccn1)N1CCN2CCCC2C1. The van der Waals surface area contributed by atoms with E-state index in [-0.39, 0.29) is 5.91 Å². The van der Waals surface area contributed by atoms with Crippen molar-refractivity contribution in [2.45, 2.75) is 18.9 Å². The van der Waals surface area contributed by atoms with Crippen LogP contribution in [0.4, 0.5) is 0 Å². The van der Waals surface area contributed by atoms with Crippen LogP contribution < -0.4 is 0 Å². The second kappa shape index (κ2) is 4.41. The third kappa shape index (κ3) is 2.02. The fourth-order valence-electron chi connectivity index (χ4n) is 2.75. The van der Waals surface area contributed by atoms with Gasteiger partial charge >= 0.3 is 0 Å². The first-order valence-corrected chi connectivity index (χ1v) is 6.14. The Kier molecular flexibility index (Phi) is 2.76. The molecule has 0 N–H and O–H groups in total. The summed E-state index contributed by atoms with van der Waals surface area (Å²) in [5.74, 6) is 0.0182. The number of hydrogen-bond donors (Lipinski definition) is 0. The molecule has 0 saturated carbocycles. The van der Waals surface area contributed by atoms with E-state index in [1.165, 1.54) is 19.4 Å². The van der Waals surface area contributed by atoms with Gasteiger partial charge in [-0.1, -0.05) is 0 Å². The minimum absolute atomic E-state index is 0.0182. The fraction of sp³-hybridized carbons (Fsp3) is 0.583. The lowest BCUT2D eigenvalue weighted by molar-refractivity contribution is 0.0565. The molecule has 1 amide bonds. The summed E-state index contributed by atoms with van der Waals surface area (Å²) in [5.41, 5.74) is 0.457. The summed E-state index contributed by atoms with van der Waals surface area (Å²) in [6.07, 6.45) is 7.18. The quantitative estimate of drug-likeness (QED) is 0.703. The summed E-state index contributed by atoms with van der Waals surface area (Å²) in [7, 11) is 0. The van der Waals surface area contributed by atoms with E-state index in [2.05, 4.69) is 14.9 Å². The minimum atomic E-state index is 0.0182. The van der Waals surface area contributed by atoms with Crippen LogP contribution in [0.25, 0.3) is 0 Å². The number of amides is 1. The van der Waals surface area contributed by atoms with Gasteiger partial charge in [-0.3, -0.25) is 14.7 Å². The van der Waals surface area contributed by atoms with Crippen molar-refractivity contribution >= 4 is 5.91 Å². The van der Waals surface area contributed by atoms with Gasteiger partial charge in [-0.15, -0.1) is 0 Å². The maximum absolute atomic E-state index is 12.2. The number of hydrogen-bond acceptors (Lipinski definition) is 4. The standard InChI is InChI=1S/C12H16N4O/c17-12(11-8-13-3-4-14-11)16-7-6-15-5-1-2-10(15)9-16/h3-4,8,10H,1-2,5-7,9H2. The maximum atomic E-state index is 12.2. The second-order valence-corrected chi connectivity index (χ2v) is 4.67. The van der Waals surface area contributed by atoms with E-state index in [1.807, 2.05) is 4.90 Å². The third-order valence-electron chi connectivity index (χ3n) is 3.66. The van der Waals surface area contributed by atoms with E-state index in [1.54, 1.807) is 18.6 Å². The Labute approximate surface area is 100 Å². The molecule has 0 aromatic carbocycles. The summed E-state index contributed by atoms with van der Waals surface area (Å²) >= 11 is 0. The lowest BCUT2D eigenvalue weighted by atomic mass is 10.1. The topological polar surface area (TPSA) is 49.3 Å². The van der Waals surface area contributed by atoms with Crippen molar-refractivity contribution in [3.8, 4) is 0 Å². The van der Waals surface area contributed by atoms with E-state index in [0.29, 0.717) is 11.7 Å². The Hall–Kier alpha value is -1.49. The molecule has 90 valence electrons. The van der Waals surface area contributed by atoms with Gasteiger partial charge in [0.2, 0.25) is 0 Å². The normalized spacial score (nSPS) is 24.7. The Morgan fingerprint density at radius 1 is 1.29 bits per heavy atom. The monoisotopic (exact) mass is 232 g/mol. The summed E-state index contributed by atoms with van der Waals surface area (Å²) in [6.45, 7) is 3.84. The Morgan fingerprint density at radius 2 is 2.24 bits per heavy atom. The molecule has 0 aliphatic carbocycles. The molecule has 3 rings (SSSR count). The number of fused-ring (bicyclic) bond motifs is 1. The number of aromatic nitrogens is 2. The van der Waals surface area contributed by atoms with Crippen LogP contribution in [-0.4, -0.2) is 57.9 Å². The molecular weight excluding hydrogens is 216 g/mol. The molecule has 0 spiro atoms. The Bertz CT molecular complexity index is 408.